The predicted octanol–water partition coefficient (Wildman–Crippen LogP) is 37.7. The van der Waals surface area contributed by atoms with E-state index in [0.29, 0.717) is 21.7 Å². The Balaban J connectivity index is -0.000000151. The van der Waals surface area contributed by atoms with E-state index in [1.807, 2.05) is 0 Å². The van der Waals surface area contributed by atoms with Crippen LogP contribution >= 0.6 is 0 Å². The third kappa shape index (κ3) is 88.5. The fourth-order valence-corrected chi connectivity index (χ4v) is 13.2. The fraction of sp³-hybridized carbons (Fsp3) is 1.00. The molecule has 0 saturated heterocycles. The molecule has 6 fully saturated rings. The smallest absolute Gasteiger partial charge is 0.0323 e. The summed E-state index contributed by atoms with van der Waals surface area (Å²) in [5, 5.41) is 0. The van der Waals surface area contributed by atoms with Crippen LogP contribution in [0.2, 0.25) is 0 Å². The van der Waals surface area contributed by atoms with E-state index >= 15 is 0 Å². The Kier molecular flexibility index (Phi) is 86.8. The van der Waals surface area contributed by atoms with Crippen molar-refractivity contribution in [3.8, 4) is 0 Å². The lowest BCUT2D eigenvalue weighted by molar-refractivity contribution is 0.179. The van der Waals surface area contributed by atoms with E-state index in [4.69, 9.17) is 0 Å². The second-order valence-corrected chi connectivity index (χ2v) is 39.5. The molecule has 0 heterocycles. The average molecular weight is 1400 g/mol. The molecular formula is C99H214. The lowest BCUT2D eigenvalue weighted by Crippen LogP contribution is -2.24. The zero-order valence-corrected chi connectivity index (χ0v) is 78.8. The minimum absolute atomic E-state index is 0.542. The number of hydrogen-bond acceptors (Lipinski definition) is 0. The first-order chi connectivity index (χ1) is 45.9. The van der Waals surface area contributed by atoms with Crippen LogP contribution in [0.1, 0.15) is 527 Å². The van der Waals surface area contributed by atoms with Crippen LogP contribution in [0.25, 0.3) is 0 Å². The molecule has 0 nitrogen and oxygen atoms in total. The summed E-state index contributed by atoms with van der Waals surface area (Å²) in [4.78, 5) is 0. The summed E-state index contributed by atoms with van der Waals surface area (Å²) in [7, 11) is 0. The number of hydrogen-bond donors (Lipinski definition) is 0. The van der Waals surface area contributed by atoms with Gasteiger partial charge in [-0.3, -0.25) is 0 Å². The summed E-state index contributed by atoms with van der Waals surface area (Å²) < 4.78 is 0. The van der Waals surface area contributed by atoms with Crippen LogP contribution in [0.15, 0.2) is 0 Å². The maximum Gasteiger partial charge on any atom is -0.0323 e. The quantitative estimate of drug-likeness (QED) is 0.101. The summed E-state index contributed by atoms with van der Waals surface area (Å²) in [5.74, 6) is 15.5. The lowest BCUT2D eigenvalue weighted by atomic mass is 9.74. The van der Waals surface area contributed by atoms with Crippen molar-refractivity contribution in [1.29, 1.82) is 0 Å². The Morgan fingerprint density at radius 1 is 0.323 bits per heavy atom. The van der Waals surface area contributed by atoms with Crippen molar-refractivity contribution >= 4 is 0 Å². The van der Waals surface area contributed by atoms with Gasteiger partial charge < -0.3 is 0 Å². The highest BCUT2D eigenvalue weighted by atomic mass is 14.5. The van der Waals surface area contributed by atoms with Gasteiger partial charge in [0.15, 0.2) is 0 Å². The molecule has 0 aromatic rings. The first-order valence-corrected chi connectivity index (χ1v) is 45.9. The number of rotatable bonds is 21. The molecule has 6 aliphatic rings. The van der Waals surface area contributed by atoms with Gasteiger partial charge in [-0.25, -0.2) is 0 Å². The summed E-state index contributed by atoms with van der Waals surface area (Å²) in [6, 6.07) is 0. The van der Waals surface area contributed by atoms with Gasteiger partial charge in [0.2, 0.25) is 0 Å². The molecule has 0 aliphatic heterocycles. The molecule has 0 aromatic carbocycles. The Bertz CT molecular complexity index is 1390. The van der Waals surface area contributed by atoms with E-state index in [1.54, 1.807) is 0 Å². The van der Waals surface area contributed by atoms with Gasteiger partial charge in [-0.1, -0.05) is 495 Å². The minimum atomic E-state index is 0.542. The zero-order chi connectivity index (χ0) is 78.8. The topological polar surface area (TPSA) is 0 Å². The highest BCUT2D eigenvalue weighted by Gasteiger charge is 2.43. The molecule has 4 unspecified atom stereocenters. The maximum absolute atomic E-state index is 2.40. The Morgan fingerprint density at radius 2 is 0.677 bits per heavy atom. The summed E-state index contributed by atoms with van der Waals surface area (Å²) in [5.41, 5.74) is 2.37. The van der Waals surface area contributed by atoms with Gasteiger partial charge >= 0.3 is 0 Å². The highest BCUT2D eigenvalue weighted by Crippen LogP contribution is 2.53. The third-order valence-corrected chi connectivity index (χ3v) is 24.4. The Labute approximate surface area is 640 Å². The van der Waals surface area contributed by atoms with Crippen molar-refractivity contribution in [2.24, 2.45) is 116 Å². The Hall–Kier alpha value is 0. The van der Waals surface area contributed by atoms with E-state index in [9.17, 15) is 0 Å². The monoisotopic (exact) mass is 1400 g/mol. The zero-order valence-electron chi connectivity index (χ0n) is 78.8. The number of unbranched alkanes of at least 4 members (excludes halogenated alkanes) is 6. The van der Waals surface area contributed by atoms with Crippen LogP contribution in [0.5, 0.6) is 0 Å². The average Bonchev–Trinajstić information content (AvgIpc) is 1.65. The van der Waals surface area contributed by atoms with Crippen LogP contribution in [0, 0.1) is 116 Å². The van der Waals surface area contributed by atoms with Crippen LogP contribution in [-0.2, 0) is 0 Å². The van der Waals surface area contributed by atoms with Gasteiger partial charge in [0.1, 0.15) is 0 Å². The predicted molar refractivity (Wildman–Crippen MR) is 473 cm³/mol. The molecule has 610 valence electrons. The lowest BCUT2D eigenvalue weighted by Gasteiger charge is -2.31. The SMILES string of the molecule is CC1C(C)(C)CCC1(C)C.CC1CC(C)C(C)C1.CC1CCC(C)C1C.CC1CCCCC1.CCC(C)(C)C.CCC(C)CC.CCCC(C)C.CCCC(C)C.CCCC1CC1.CCCCC(C)C.CCCCC(C)C.CCCCCCC.CCC[C@H](C)CC.C[C@@H]1CCCC1(C)C. The molecule has 0 aromatic heterocycles. The maximum atomic E-state index is 2.40. The van der Waals surface area contributed by atoms with Crippen LogP contribution < -0.4 is 0 Å². The van der Waals surface area contributed by atoms with E-state index in [1.165, 1.54) is 250 Å². The van der Waals surface area contributed by atoms with E-state index < -0.39 is 0 Å². The molecule has 0 radical (unpaired) electrons. The molecule has 0 N–H and O–H groups in total. The summed E-state index contributed by atoms with van der Waals surface area (Å²) >= 11 is 0. The molecule has 0 heteroatoms. The standard InChI is InChI=1S/C10H20.3C8H16.C7H14.4C7H16.C6H12.4C6H14/c1-8-9(2,3)6-7-10(8,4)5;1-6-4-7(2)8(3)5-6;1-7-5-4-6-8(7,2)3;1-6-4-5-7(2)8(6)3;1-7-5-3-2-4-6-7;2*1-4-5-6-7(2)3;1-4-6-7(3)5-2;1-3-5-7-6-4-2;1-2-3-6-4-5-6;1-5-6(2,3)4;2*1-4-5-6(2)3;1-4-6(3)5-2/h8H,6-7H2,1-5H3;6-8H,4-5H2,1-3H3;7H,4-6H2,1-3H3;6-8H,4-5H2,1-3H3;7H,2-6H2,1H3;3*7H,4-6H2,1-3H3;3-7H2,1-2H3;6H,2-5H2,1H3;5H2,1-4H3;3*6H,4-5H2,1-3H3/t;;7-;;;;;7-;;;;;;/m..1....1....../s1. The molecule has 0 bridgehead atoms. The van der Waals surface area contributed by atoms with E-state index in [0.717, 1.165) is 94.7 Å². The molecular weight excluding hydrogens is 1190 g/mol. The van der Waals surface area contributed by atoms with Gasteiger partial charge in [-0.05, 0) is 148 Å². The second-order valence-electron chi connectivity index (χ2n) is 39.5. The molecule has 0 spiro atoms. The molecule has 6 atom stereocenters. The Morgan fingerprint density at radius 3 is 0.788 bits per heavy atom. The van der Waals surface area contributed by atoms with Gasteiger partial charge in [-0.15, -0.1) is 0 Å². The molecule has 6 aliphatic carbocycles. The van der Waals surface area contributed by atoms with Crippen LogP contribution in [-0.4, -0.2) is 0 Å². The largest absolute Gasteiger partial charge is 0.0654 e. The van der Waals surface area contributed by atoms with Gasteiger partial charge in [0.05, 0.1) is 0 Å². The molecule has 6 saturated carbocycles. The van der Waals surface area contributed by atoms with Crippen LogP contribution in [0.4, 0.5) is 0 Å². The van der Waals surface area contributed by atoms with Crippen molar-refractivity contribution < 1.29 is 0 Å². The molecule has 6 rings (SSSR count). The third-order valence-electron chi connectivity index (χ3n) is 24.4. The van der Waals surface area contributed by atoms with Crippen LogP contribution in [0.3, 0.4) is 0 Å². The van der Waals surface area contributed by atoms with E-state index in [-0.39, 0.29) is 0 Å². The first kappa shape index (κ1) is 115. The van der Waals surface area contributed by atoms with Gasteiger partial charge in [0.25, 0.3) is 0 Å². The van der Waals surface area contributed by atoms with Crippen molar-refractivity contribution in [1.82, 2.24) is 0 Å². The van der Waals surface area contributed by atoms with Gasteiger partial charge in [-0.2, -0.15) is 0 Å². The van der Waals surface area contributed by atoms with Crippen molar-refractivity contribution in [2.45, 2.75) is 527 Å². The summed E-state index contributed by atoms with van der Waals surface area (Å²) in [6.45, 7) is 91.9. The second kappa shape index (κ2) is 74.8. The first-order valence-electron chi connectivity index (χ1n) is 45.9. The molecule has 0 amide bonds. The fourth-order valence-electron chi connectivity index (χ4n) is 13.2. The minimum Gasteiger partial charge on any atom is -0.0654 e. The highest BCUT2D eigenvalue weighted by molar-refractivity contribution is 4.93. The van der Waals surface area contributed by atoms with Crippen molar-refractivity contribution in [2.75, 3.05) is 0 Å². The molecule has 99 heavy (non-hydrogen) atoms. The van der Waals surface area contributed by atoms with Gasteiger partial charge in [0, 0.05) is 0 Å². The van der Waals surface area contributed by atoms with E-state index in [2.05, 4.69) is 277 Å². The van der Waals surface area contributed by atoms with Crippen molar-refractivity contribution in [3.63, 3.8) is 0 Å². The normalized spacial score (nSPS) is 22.5. The summed E-state index contributed by atoms with van der Waals surface area (Å²) in [6.07, 6.45) is 55.1. The van der Waals surface area contributed by atoms with Crippen molar-refractivity contribution in [3.05, 3.63) is 0 Å².